The summed E-state index contributed by atoms with van der Waals surface area (Å²) in [6.45, 7) is 5.96. The molecule has 0 saturated carbocycles. The van der Waals surface area contributed by atoms with Crippen molar-refractivity contribution < 1.29 is 9.47 Å². The third-order valence-corrected chi connectivity index (χ3v) is 3.39. The van der Waals surface area contributed by atoms with Gasteiger partial charge in [-0.15, -0.1) is 18.3 Å². The maximum absolute atomic E-state index is 5.20. The number of rotatable bonds is 7. The summed E-state index contributed by atoms with van der Waals surface area (Å²) in [5.41, 5.74) is 2.27. The Balaban J connectivity index is 2.52. The monoisotopic (exact) mass is 252 g/mol. The maximum Gasteiger partial charge on any atom is 0.183 e. The van der Waals surface area contributed by atoms with Gasteiger partial charge in [-0.05, 0) is 25.5 Å². The first-order valence-electron chi connectivity index (χ1n) is 5.60. The molecule has 0 aliphatic carbocycles. The molecule has 0 heterocycles. The molecule has 1 aromatic carbocycles. The molecule has 0 spiro atoms. The molecule has 3 heteroatoms. The van der Waals surface area contributed by atoms with Crippen molar-refractivity contribution in [1.82, 2.24) is 0 Å². The molecule has 0 saturated heterocycles. The lowest BCUT2D eigenvalue weighted by Gasteiger charge is -2.13. The van der Waals surface area contributed by atoms with Crippen molar-refractivity contribution in [3.05, 3.63) is 42.0 Å². The summed E-state index contributed by atoms with van der Waals surface area (Å²) in [5, 5.41) is 0. The first kappa shape index (κ1) is 14.3. The summed E-state index contributed by atoms with van der Waals surface area (Å²) in [6.07, 6.45) is 0.787. The SMILES string of the molecule is C=C(C)CCSc1ccc(C(OC)OC)cc1. The Kier molecular flexibility index (Phi) is 6.34. The van der Waals surface area contributed by atoms with Gasteiger partial charge in [0, 0.05) is 30.4 Å². The van der Waals surface area contributed by atoms with E-state index in [4.69, 9.17) is 9.47 Å². The van der Waals surface area contributed by atoms with Gasteiger partial charge in [0.1, 0.15) is 0 Å². The number of ether oxygens (including phenoxy) is 2. The van der Waals surface area contributed by atoms with Gasteiger partial charge >= 0.3 is 0 Å². The molecule has 0 amide bonds. The third-order valence-electron chi connectivity index (χ3n) is 2.38. The number of methoxy groups -OCH3 is 2. The lowest BCUT2D eigenvalue weighted by Crippen LogP contribution is -2.02. The van der Waals surface area contributed by atoms with Gasteiger partial charge in [0.05, 0.1) is 0 Å². The van der Waals surface area contributed by atoms with Gasteiger partial charge in [-0.25, -0.2) is 0 Å². The fourth-order valence-electron chi connectivity index (χ4n) is 1.43. The predicted molar refractivity (Wildman–Crippen MR) is 73.4 cm³/mol. The number of allylic oxidation sites excluding steroid dienone is 1. The normalized spacial score (nSPS) is 10.8. The highest BCUT2D eigenvalue weighted by molar-refractivity contribution is 7.99. The summed E-state index contributed by atoms with van der Waals surface area (Å²) in [4.78, 5) is 1.26. The van der Waals surface area contributed by atoms with Crippen LogP contribution in [0, 0.1) is 0 Å². The van der Waals surface area contributed by atoms with Crippen molar-refractivity contribution in [2.45, 2.75) is 24.5 Å². The Bertz CT molecular complexity index is 342. The second kappa shape index (κ2) is 7.54. The zero-order valence-electron chi connectivity index (χ0n) is 10.7. The van der Waals surface area contributed by atoms with Crippen LogP contribution in [-0.4, -0.2) is 20.0 Å². The molecule has 94 valence electrons. The molecule has 0 aromatic heterocycles. The second-order valence-corrected chi connectivity index (χ2v) is 5.10. The Hall–Kier alpha value is -0.770. The number of benzene rings is 1. The number of thioether (sulfide) groups is 1. The van der Waals surface area contributed by atoms with Crippen LogP contribution in [0.1, 0.15) is 25.2 Å². The Labute approximate surface area is 108 Å². The molecule has 0 atom stereocenters. The van der Waals surface area contributed by atoms with E-state index in [9.17, 15) is 0 Å². The highest BCUT2D eigenvalue weighted by Gasteiger charge is 2.07. The summed E-state index contributed by atoms with van der Waals surface area (Å²) in [6, 6.07) is 8.29. The van der Waals surface area contributed by atoms with E-state index < -0.39 is 0 Å². The van der Waals surface area contributed by atoms with Crippen molar-refractivity contribution in [3.63, 3.8) is 0 Å². The molecule has 0 unspecified atom stereocenters. The average Bonchev–Trinajstić information content (AvgIpc) is 2.32. The van der Waals surface area contributed by atoms with Gasteiger partial charge in [0.15, 0.2) is 6.29 Å². The molecular formula is C14H20O2S. The van der Waals surface area contributed by atoms with E-state index in [1.165, 1.54) is 10.5 Å². The van der Waals surface area contributed by atoms with Crippen molar-refractivity contribution in [1.29, 1.82) is 0 Å². The van der Waals surface area contributed by atoms with Crippen LogP contribution in [0.4, 0.5) is 0 Å². The largest absolute Gasteiger partial charge is 0.352 e. The lowest BCUT2D eigenvalue weighted by atomic mass is 10.2. The van der Waals surface area contributed by atoms with Crippen molar-refractivity contribution in [2.24, 2.45) is 0 Å². The van der Waals surface area contributed by atoms with Crippen LogP contribution in [0.2, 0.25) is 0 Å². The Morgan fingerprint density at radius 1 is 1.24 bits per heavy atom. The van der Waals surface area contributed by atoms with E-state index in [2.05, 4.69) is 25.6 Å². The van der Waals surface area contributed by atoms with Gasteiger partial charge in [0.25, 0.3) is 0 Å². The summed E-state index contributed by atoms with van der Waals surface area (Å²) < 4.78 is 10.4. The van der Waals surface area contributed by atoms with E-state index in [-0.39, 0.29) is 6.29 Å². The van der Waals surface area contributed by atoms with Crippen molar-refractivity contribution in [2.75, 3.05) is 20.0 Å². The van der Waals surface area contributed by atoms with Gasteiger partial charge in [-0.1, -0.05) is 17.7 Å². The van der Waals surface area contributed by atoms with E-state index >= 15 is 0 Å². The fourth-order valence-corrected chi connectivity index (χ4v) is 2.45. The van der Waals surface area contributed by atoms with E-state index in [1.54, 1.807) is 14.2 Å². The minimum atomic E-state index is -0.274. The van der Waals surface area contributed by atoms with Gasteiger partial charge in [0.2, 0.25) is 0 Å². The molecule has 17 heavy (non-hydrogen) atoms. The molecule has 0 bridgehead atoms. The van der Waals surface area contributed by atoms with Gasteiger partial charge in [-0.2, -0.15) is 0 Å². The van der Waals surface area contributed by atoms with Crippen LogP contribution >= 0.6 is 11.8 Å². The van der Waals surface area contributed by atoms with Crippen LogP contribution < -0.4 is 0 Å². The quantitative estimate of drug-likeness (QED) is 0.414. The zero-order valence-corrected chi connectivity index (χ0v) is 11.5. The van der Waals surface area contributed by atoms with Crippen LogP contribution in [-0.2, 0) is 9.47 Å². The predicted octanol–water partition coefficient (Wildman–Crippen LogP) is 4.04. The molecule has 0 aliphatic heterocycles. The second-order valence-electron chi connectivity index (χ2n) is 3.93. The fraction of sp³-hybridized carbons (Fsp3) is 0.429. The van der Waals surface area contributed by atoms with Gasteiger partial charge in [-0.3, -0.25) is 0 Å². The third kappa shape index (κ3) is 4.94. The highest BCUT2D eigenvalue weighted by atomic mass is 32.2. The minimum Gasteiger partial charge on any atom is -0.352 e. The maximum atomic E-state index is 5.20. The summed E-state index contributed by atoms with van der Waals surface area (Å²) in [5.74, 6) is 1.08. The molecule has 1 aromatic rings. The molecule has 0 aliphatic rings. The van der Waals surface area contributed by atoms with Crippen molar-refractivity contribution in [3.8, 4) is 0 Å². The molecule has 1 rings (SSSR count). The van der Waals surface area contributed by atoms with Crippen molar-refractivity contribution >= 4 is 11.8 Å². The Morgan fingerprint density at radius 3 is 2.29 bits per heavy atom. The van der Waals surface area contributed by atoms with Crippen LogP contribution in [0.5, 0.6) is 0 Å². The molecular weight excluding hydrogens is 232 g/mol. The highest BCUT2D eigenvalue weighted by Crippen LogP contribution is 2.23. The number of hydrogen-bond acceptors (Lipinski definition) is 3. The zero-order chi connectivity index (χ0) is 12.7. The minimum absolute atomic E-state index is 0.274. The smallest absolute Gasteiger partial charge is 0.183 e. The molecule has 0 N–H and O–H groups in total. The van der Waals surface area contributed by atoms with E-state index in [1.807, 2.05) is 23.9 Å². The topological polar surface area (TPSA) is 18.5 Å². The first-order valence-corrected chi connectivity index (χ1v) is 6.58. The lowest BCUT2D eigenvalue weighted by molar-refractivity contribution is -0.106. The molecule has 0 radical (unpaired) electrons. The average molecular weight is 252 g/mol. The first-order chi connectivity index (χ1) is 8.17. The van der Waals surface area contributed by atoms with Gasteiger partial charge < -0.3 is 9.47 Å². The van der Waals surface area contributed by atoms with Crippen LogP contribution in [0.25, 0.3) is 0 Å². The molecule has 2 nitrogen and oxygen atoms in total. The molecule has 0 fully saturated rings. The van der Waals surface area contributed by atoms with E-state index in [0.29, 0.717) is 0 Å². The van der Waals surface area contributed by atoms with Crippen LogP contribution in [0.3, 0.4) is 0 Å². The summed E-state index contributed by atoms with van der Waals surface area (Å²) in [7, 11) is 3.29. The summed E-state index contributed by atoms with van der Waals surface area (Å²) >= 11 is 1.84. The van der Waals surface area contributed by atoms with E-state index in [0.717, 1.165) is 17.7 Å². The van der Waals surface area contributed by atoms with Crippen LogP contribution in [0.15, 0.2) is 41.3 Å². The standard InChI is InChI=1S/C14H20O2S/c1-11(2)9-10-17-13-7-5-12(6-8-13)14(15-3)16-4/h5-8,14H,1,9-10H2,2-4H3. The number of hydrogen-bond donors (Lipinski definition) is 0. The Morgan fingerprint density at radius 2 is 1.82 bits per heavy atom.